The zero-order valence-corrected chi connectivity index (χ0v) is 8.86. The van der Waals surface area contributed by atoms with Crippen LogP contribution in [-0.2, 0) is 0 Å². The maximum absolute atomic E-state index is 11.4. The molecule has 0 aromatic carbocycles. The van der Waals surface area contributed by atoms with Crippen molar-refractivity contribution in [3.8, 4) is 0 Å². The number of carbonyl (C=O) groups excluding carboxylic acids is 1. The number of hydrogen-bond donors (Lipinski definition) is 2. The molecule has 0 radical (unpaired) electrons. The molecule has 0 bridgehead atoms. The van der Waals surface area contributed by atoms with Crippen molar-refractivity contribution in [1.29, 1.82) is 0 Å². The summed E-state index contributed by atoms with van der Waals surface area (Å²) in [5.41, 5.74) is 6.54. The summed E-state index contributed by atoms with van der Waals surface area (Å²) in [6, 6.07) is 0.422. The quantitative estimate of drug-likeness (QED) is 0.759. The van der Waals surface area contributed by atoms with E-state index in [0.29, 0.717) is 17.4 Å². The van der Waals surface area contributed by atoms with Crippen LogP contribution < -0.4 is 11.1 Å². The first kappa shape index (κ1) is 10.0. The number of carbonyl (C=O) groups is 1. The van der Waals surface area contributed by atoms with Gasteiger partial charge in [-0.3, -0.25) is 9.48 Å². The molecule has 5 heteroatoms. The van der Waals surface area contributed by atoms with Crippen LogP contribution in [0.1, 0.15) is 42.2 Å². The molecule has 1 heterocycles. The second kappa shape index (κ2) is 3.92. The Balaban J connectivity index is 2.23. The van der Waals surface area contributed by atoms with Crippen molar-refractivity contribution in [2.75, 3.05) is 12.8 Å². The molecule has 1 aliphatic rings. The van der Waals surface area contributed by atoms with Crippen molar-refractivity contribution in [3.05, 3.63) is 11.9 Å². The summed E-state index contributed by atoms with van der Waals surface area (Å²) in [5.74, 6) is -0.218. The van der Waals surface area contributed by atoms with Gasteiger partial charge in [0.2, 0.25) is 0 Å². The van der Waals surface area contributed by atoms with E-state index in [1.54, 1.807) is 13.2 Å². The van der Waals surface area contributed by atoms with E-state index in [1.165, 1.54) is 12.8 Å². The van der Waals surface area contributed by atoms with E-state index in [9.17, 15) is 4.79 Å². The molecule has 0 saturated heterocycles. The van der Waals surface area contributed by atoms with Gasteiger partial charge in [-0.1, -0.05) is 12.8 Å². The number of aromatic nitrogens is 2. The zero-order valence-electron chi connectivity index (χ0n) is 8.86. The lowest BCUT2D eigenvalue weighted by Gasteiger charge is -2.08. The van der Waals surface area contributed by atoms with Crippen LogP contribution in [0.5, 0.6) is 0 Å². The number of nitrogens with zero attached hydrogens (tertiary/aromatic N) is 2. The first-order chi connectivity index (χ1) is 7.22. The van der Waals surface area contributed by atoms with E-state index in [1.807, 2.05) is 4.68 Å². The summed E-state index contributed by atoms with van der Waals surface area (Å²) >= 11 is 0. The summed E-state index contributed by atoms with van der Waals surface area (Å²) in [4.78, 5) is 11.4. The summed E-state index contributed by atoms with van der Waals surface area (Å²) in [6.07, 6.45) is 6.50. The van der Waals surface area contributed by atoms with Gasteiger partial charge in [-0.15, -0.1) is 0 Å². The lowest BCUT2D eigenvalue weighted by Crippen LogP contribution is -2.20. The topological polar surface area (TPSA) is 72.9 Å². The number of anilines is 1. The number of nitrogens with two attached hydrogens (primary N) is 1. The van der Waals surface area contributed by atoms with Crippen LogP contribution >= 0.6 is 0 Å². The molecule has 0 unspecified atom stereocenters. The Kier molecular flexibility index (Phi) is 2.62. The monoisotopic (exact) mass is 208 g/mol. The van der Waals surface area contributed by atoms with E-state index in [4.69, 9.17) is 5.73 Å². The second-order valence-electron chi connectivity index (χ2n) is 3.93. The SMILES string of the molecule is CNC(=O)c1nn(C2CCCC2)cc1N. The van der Waals surface area contributed by atoms with Crippen molar-refractivity contribution in [1.82, 2.24) is 15.1 Å². The first-order valence-corrected chi connectivity index (χ1v) is 5.29. The fourth-order valence-electron chi connectivity index (χ4n) is 2.06. The second-order valence-corrected chi connectivity index (χ2v) is 3.93. The highest BCUT2D eigenvalue weighted by Gasteiger charge is 2.21. The third-order valence-corrected chi connectivity index (χ3v) is 2.90. The minimum atomic E-state index is -0.218. The molecule has 1 amide bonds. The molecule has 82 valence electrons. The zero-order chi connectivity index (χ0) is 10.8. The molecular formula is C10H16N4O. The summed E-state index contributed by atoms with van der Waals surface area (Å²) < 4.78 is 1.84. The van der Waals surface area contributed by atoms with Crippen molar-refractivity contribution < 1.29 is 4.79 Å². The molecule has 1 fully saturated rings. The molecule has 0 atom stereocenters. The molecule has 1 saturated carbocycles. The predicted molar refractivity (Wildman–Crippen MR) is 57.5 cm³/mol. The average Bonchev–Trinajstić information content (AvgIpc) is 2.84. The Bertz CT molecular complexity index is 365. The summed E-state index contributed by atoms with van der Waals surface area (Å²) in [7, 11) is 1.58. The molecule has 1 aromatic rings. The molecule has 2 rings (SSSR count). The Morgan fingerprint density at radius 3 is 2.87 bits per heavy atom. The number of rotatable bonds is 2. The largest absolute Gasteiger partial charge is 0.396 e. The Hall–Kier alpha value is -1.52. The number of nitrogens with one attached hydrogen (secondary N) is 1. The molecule has 0 aliphatic heterocycles. The smallest absolute Gasteiger partial charge is 0.273 e. The fourth-order valence-corrected chi connectivity index (χ4v) is 2.06. The Morgan fingerprint density at radius 1 is 1.60 bits per heavy atom. The van der Waals surface area contributed by atoms with Crippen molar-refractivity contribution in [2.45, 2.75) is 31.7 Å². The van der Waals surface area contributed by atoms with Crippen LogP contribution in [0.3, 0.4) is 0 Å². The van der Waals surface area contributed by atoms with Crippen LogP contribution in [0.15, 0.2) is 6.20 Å². The fraction of sp³-hybridized carbons (Fsp3) is 0.600. The predicted octanol–water partition coefficient (Wildman–Crippen LogP) is 0.940. The standard InChI is InChI=1S/C10H16N4O/c1-12-10(15)9-8(11)6-14(13-9)7-4-2-3-5-7/h6-7H,2-5,11H2,1H3,(H,12,15). The van der Waals surface area contributed by atoms with Gasteiger partial charge in [-0.2, -0.15) is 5.10 Å². The molecule has 15 heavy (non-hydrogen) atoms. The average molecular weight is 208 g/mol. The highest BCUT2D eigenvalue weighted by Crippen LogP contribution is 2.29. The highest BCUT2D eigenvalue weighted by atomic mass is 16.1. The van der Waals surface area contributed by atoms with Gasteiger partial charge in [0.15, 0.2) is 5.69 Å². The van der Waals surface area contributed by atoms with E-state index in [0.717, 1.165) is 12.8 Å². The van der Waals surface area contributed by atoms with E-state index >= 15 is 0 Å². The number of amides is 1. The van der Waals surface area contributed by atoms with Gasteiger partial charge in [-0.05, 0) is 12.8 Å². The van der Waals surface area contributed by atoms with E-state index in [2.05, 4.69) is 10.4 Å². The van der Waals surface area contributed by atoms with Gasteiger partial charge in [-0.25, -0.2) is 0 Å². The lowest BCUT2D eigenvalue weighted by atomic mass is 10.3. The van der Waals surface area contributed by atoms with E-state index in [-0.39, 0.29) is 5.91 Å². The Labute approximate surface area is 88.6 Å². The van der Waals surface area contributed by atoms with E-state index < -0.39 is 0 Å². The first-order valence-electron chi connectivity index (χ1n) is 5.29. The number of hydrogen-bond acceptors (Lipinski definition) is 3. The third kappa shape index (κ3) is 1.82. The van der Waals surface area contributed by atoms with Crippen LogP contribution in [0.4, 0.5) is 5.69 Å². The maximum atomic E-state index is 11.4. The normalized spacial score (nSPS) is 16.9. The van der Waals surface area contributed by atoms with Crippen molar-refractivity contribution >= 4 is 11.6 Å². The van der Waals surface area contributed by atoms with Crippen LogP contribution in [0.2, 0.25) is 0 Å². The maximum Gasteiger partial charge on any atom is 0.273 e. The molecular weight excluding hydrogens is 192 g/mol. The molecule has 3 N–H and O–H groups in total. The van der Waals surface area contributed by atoms with Gasteiger partial charge in [0.1, 0.15) is 0 Å². The van der Waals surface area contributed by atoms with Gasteiger partial charge in [0.05, 0.1) is 11.7 Å². The highest BCUT2D eigenvalue weighted by molar-refractivity contribution is 5.96. The minimum absolute atomic E-state index is 0.218. The third-order valence-electron chi connectivity index (χ3n) is 2.90. The lowest BCUT2D eigenvalue weighted by molar-refractivity contribution is 0.0958. The van der Waals surface area contributed by atoms with Crippen LogP contribution in [-0.4, -0.2) is 22.7 Å². The number of nitrogen functional groups attached to an aromatic ring is 1. The van der Waals surface area contributed by atoms with Crippen LogP contribution in [0, 0.1) is 0 Å². The summed E-state index contributed by atoms with van der Waals surface area (Å²) in [5, 5.41) is 6.77. The van der Waals surface area contributed by atoms with Crippen LogP contribution in [0.25, 0.3) is 0 Å². The van der Waals surface area contributed by atoms with Crippen molar-refractivity contribution in [3.63, 3.8) is 0 Å². The Morgan fingerprint density at radius 2 is 2.27 bits per heavy atom. The van der Waals surface area contributed by atoms with Gasteiger partial charge < -0.3 is 11.1 Å². The molecule has 1 aliphatic carbocycles. The van der Waals surface area contributed by atoms with Gasteiger partial charge >= 0.3 is 0 Å². The van der Waals surface area contributed by atoms with Crippen molar-refractivity contribution in [2.24, 2.45) is 0 Å². The molecule has 0 spiro atoms. The molecule has 1 aromatic heterocycles. The molecule has 5 nitrogen and oxygen atoms in total. The summed E-state index contributed by atoms with van der Waals surface area (Å²) in [6.45, 7) is 0. The van der Waals surface area contributed by atoms with Gasteiger partial charge in [0.25, 0.3) is 5.91 Å². The van der Waals surface area contributed by atoms with Gasteiger partial charge in [0, 0.05) is 13.2 Å². The minimum Gasteiger partial charge on any atom is -0.396 e.